The summed E-state index contributed by atoms with van der Waals surface area (Å²) in [7, 11) is 1.66. The molecule has 1 aliphatic rings. The number of alkyl halides is 3. The van der Waals surface area contributed by atoms with Crippen molar-refractivity contribution in [2.24, 2.45) is 0 Å². The molecule has 1 N–H and O–H groups in total. The van der Waals surface area contributed by atoms with Crippen molar-refractivity contribution in [3.63, 3.8) is 0 Å². The number of ether oxygens (including phenoxy) is 1. The van der Waals surface area contributed by atoms with Gasteiger partial charge in [-0.25, -0.2) is 4.79 Å². The van der Waals surface area contributed by atoms with Crippen LogP contribution in [0.2, 0.25) is 0 Å². The molecule has 1 aromatic carbocycles. The second-order valence-electron chi connectivity index (χ2n) is 9.89. The van der Waals surface area contributed by atoms with Gasteiger partial charge in [0.1, 0.15) is 17.6 Å². The van der Waals surface area contributed by atoms with Gasteiger partial charge in [-0.2, -0.15) is 22.7 Å². The average Bonchev–Trinajstić information content (AvgIpc) is 3.27. The summed E-state index contributed by atoms with van der Waals surface area (Å²) in [6.07, 6.45) is -3.85. The Morgan fingerprint density at radius 3 is 2.23 bits per heavy atom. The van der Waals surface area contributed by atoms with Gasteiger partial charge in [0, 0.05) is 44.6 Å². The van der Waals surface area contributed by atoms with Gasteiger partial charge in [0.15, 0.2) is 0 Å². The molecule has 1 aliphatic heterocycles. The minimum atomic E-state index is -4.24. The third kappa shape index (κ3) is 7.31. The van der Waals surface area contributed by atoms with Crippen LogP contribution < -0.4 is 15.8 Å². The van der Waals surface area contributed by atoms with Crippen molar-refractivity contribution in [2.75, 3.05) is 43.4 Å². The van der Waals surface area contributed by atoms with E-state index in [9.17, 15) is 27.6 Å². The van der Waals surface area contributed by atoms with Gasteiger partial charge in [-0.1, -0.05) is 0 Å². The predicted octanol–water partition coefficient (Wildman–Crippen LogP) is 3.97. The first-order chi connectivity index (χ1) is 18.7. The van der Waals surface area contributed by atoms with E-state index in [2.05, 4.69) is 31.3 Å². The van der Waals surface area contributed by atoms with Crippen LogP contribution in [-0.4, -0.2) is 75.3 Å². The summed E-state index contributed by atoms with van der Waals surface area (Å²) >= 11 is 3.18. The quantitative estimate of drug-likeness (QED) is 0.431. The van der Waals surface area contributed by atoms with E-state index in [-0.39, 0.29) is 22.9 Å². The normalized spacial score (nSPS) is 14.0. The van der Waals surface area contributed by atoms with E-state index in [1.807, 2.05) is 25.7 Å². The Kier molecular flexibility index (Phi) is 9.48. The number of halogens is 4. The number of piperazine rings is 1. The largest absolute Gasteiger partial charge is 0.444 e. The van der Waals surface area contributed by atoms with Gasteiger partial charge >= 0.3 is 12.3 Å². The third-order valence-electron chi connectivity index (χ3n) is 5.95. The Hall–Kier alpha value is -3.62. The molecule has 218 valence electrons. The highest BCUT2D eigenvalue weighted by atomic mass is 79.9. The topological polar surface area (TPSA) is 114 Å². The monoisotopic (exact) mass is 629 g/mol. The average molecular weight is 630 g/mol. The number of aldehydes is 1. The molecule has 40 heavy (non-hydrogen) atoms. The Morgan fingerprint density at radius 1 is 1.12 bits per heavy atom. The van der Waals surface area contributed by atoms with E-state index in [4.69, 9.17) is 4.74 Å². The fraction of sp³-hybridized carbons (Fsp3) is 0.480. The zero-order valence-electron chi connectivity index (χ0n) is 22.8. The van der Waals surface area contributed by atoms with Gasteiger partial charge < -0.3 is 29.2 Å². The molecule has 0 atom stereocenters. The van der Waals surface area contributed by atoms with Crippen molar-refractivity contribution < 1.29 is 27.5 Å². The van der Waals surface area contributed by atoms with Crippen LogP contribution in [0.5, 0.6) is 0 Å². The first kappa shape index (κ1) is 30.9. The van der Waals surface area contributed by atoms with Crippen molar-refractivity contribution in [3.05, 3.63) is 50.6 Å². The lowest BCUT2D eigenvalue weighted by Crippen LogP contribution is -2.51. The molecule has 0 bridgehead atoms. The lowest BCUT2D eigenvalue weighted by atomic mass is 10.2. The molecule has 2 aromatic heterocycles. The van der Waals surface area contributed by atoms with Crippen molar-refractivity contribution >= 4 is 45.5 Å². The second-order valence-corrected chi connectivity index (χ2v) is 10.6. The van der Waals surface area contributed by atoms with Crippen LogP contribution in [-0.2, 0) is 22.3 Å². The molecule has 4 rings (SSSR count). The van der Waals surface area contributed by atoms with Gasteiger partial charge in [0.2, 0.25) is 10.5 Å². The van der Waals surface area contributed by atoms with Gasteiger partial charge in [-0.3, -0.25) is 4.79 Å². The van der Waals surface area contributed by atoms with E-state index < -0.39 is 17.3 Å². The standard InChI is InChI=1S/C17H23BrN6O4.C8H8F3N/c1-11-12(13(26)24-15(19-14(18)20-24)23(11)9-10-25)21-5-7-22(8-6-21)16(27)28-17(2,3)4;1-12-7-4-2-6(3-5-7)8(9,10)11/h10H,5-9H2,1-4H3;2-5,12H,1H3. The van der Waals surface area contributed by atoms with Crippen LogP contribution in [0, 0.1) is 6.92 Å². The molecule has 0 unspecified atom stereocenters. The van der Waals surface area contributed by atoms with E-state index >= 15 is 0 Å². The number of rotatable bonds is 4. The maximum atomic E-state index is 13.0. The highest BCUT2D eigenvalue weighted by Crippen LogP contribution is 2.29. The SMILES string of the molecule is CNc1ccc(C(F)(F)F)cc1.Cc1c(N2CCN(C(=O)OC(C)(C)C)CC2)c(=O)n2nc(Br)nc2n1CC=O. The molecule has 11 nitrogen and oxygen atoms in total. The van der Waals surface area contributed by atoms with Crippen molar-refractivity contribution in [2.45, 2.75) is 46.0 Å². The fourth-order valence-electron chi connectivity index (χ4n) is 4.05. The Labute approximate surface area is 237 Å². The van der Waals surface area contributed by atoms with Gasteiger partial charge in [0.05, 0.1) is 12.1 Å². The maximum absolute atomic E-state index is 13.0. The number of carbonyl (C=O) groups excluding carboxylic acids is 2. The van der Waals surface area contributed by atoms with Gasteiger partial charge in [0.25, 0.3) is 5.56 Å². The van der Waals surface area contributed by atoms with Crippen molar-refractivity contribution in [1.29, 1.82) is 0 Å². The van der Waals surface area contributed by atoms with Crippen LogP contribution in [0.15, 0.2) is 33.8 Å². The summed E-state index contributed by atoms with van der Waals surface area (Å²) in [5.41, 5.74) is 0.271. The number of nitrogens with one attached hydrogen (secondary N) is 1. The molecule has 3 heterocycles. The summed E-state index contributed by atoms with van der Waals surface area (Å²) in [5.74, 6) is 0.303. The molecule has 3 aromatic rings. The van der Waals surface area contributed by atoms with Crippen molar-refractivity contribution in [3.8, 4) is 0 Å². The van der Waals surface area contributed by atoms with E-state index in [1.165, 1.54) is 16.6 Å². The molecular weight excluding hydrogens is 599 g/mol. The van der Waals surface area contributed by atoms with Crippen LogP contribution in [0.25, 0.3) is 5.78 Å². The van der Waals surface area contributed by atoms with Crippen LogP contribution in [0.4, 0.5) is 29.3 Å². The molecule has 0 aliphatic carbocycles. The lowest BCUT2D eigenvalue weighted by Gasteiger charge is -2.37. The van der Waals surface area contributed by atoms with Crippen molar-refractivity contribution in [1.82, 2.24) is 24.1 Å². The Morgan fingerprint density at radius 2 is 1.73 bits per heavy atom. The van der Waals surface area contributed by atoms with Gasteiger partial charge in [-0.05, 0) is 67.9 Å². The summed E-state index contributed by atoms with van der Waals surface area (Å²) in [4.78, 5) is 44.2. The summed E-state index contributed by atoms with van der Waals surface area (Å²) < 4.78 is 44.5. The van der Waals surface area contributed by atoms with Crippen LogP contribution >= 0.6 is 15.9 Å². The molecular formula is C25H31BrF3N7O4. The molecule has 15 heteroatoms. The molecule has 0 saturated carbocycles. The van der Waals surface area contributed by atoms with Gasteiger partial charge in [-0.15, -0.1) is 5.10 Å². The predicted molar refractivity (Wildman–Crippen MR) is 147 cm³/mol. The number of fused-ring (bicyclic) bond motifs is 1. The van der Waals surface area contributed by atoms with Crippen LogP contribution in [0.3, 0.4) is 0 Å². The number of nitrogens with zero attached hydrogens (tertiary/aromatic N) is 6. The number of carbonyl (C=O) groups is 2. The van der Waals surface area contributed by atoms with Crippen LogP contribution in [0.1, 0.15) is 32.0 Å². The zero-order valence-corrected chi connectivity index (χ0v) is 24.3. The second kappa shape index (κ2) is 12.3. The number of amides is 1. The minimum Gasteiger partial charge on any atom is -0.444 e. The number of aromatic nitrogens is 4. The fourth-order valence-corrected chi connectivity index (χ4v) is 4.36. The first-order valence-electron chi connectivity index (χ1n) is 12.3. The Bertz CT molecular complexity index is 1410. The highest BCUT2D eigenvalue weighted by molar-refractivity contribution is 9.10. The zero-order chi connectivity index (χ0) is 29.8. The van der Waals surface area contributed by atoms with E-state index in [1.54, 1.807) is 23.4 Å². The molecule has 1 saturated heterocycles. The summed E-state index contributed by atoms with van der Waals surface area (Å²) in [6.45, 7) is 9.12. The molecule has 0 spiro atoms. The smallest absolute Gasteiger partial charge is 0.416 e. The number of hydrogen-bond donors (Lipinski definition) is 1. The highest BCUT2D eigenvalue weighted by Gasteiger charge is 2.30. The minimum absolute atomic E-state index is 0.0611. The lowest BCUT2D eigenvalue weighted by molar-refractivity contribution is -0.137. The first-order valence-corrected chi connectivity index (χ1v) is 13.1. The van der Waals surface area contributed by atoms with E-state index in [0.29, 0.717) is 49.0 Å². The molecule has 1 amide bonds. The summed E-state index contributed by atoms with van der Waals surface area (Å²) in [5, 5.41) is 6.84. The maximum Gasteiger partial charge on any atom is 0.416 e. The molecule has 1 fully saturated rings. The van der Waals surface area contributed by atoms with E-state index in [0.717, 1.165) is 18.4 Å². The number of benzene rings is 1. The number of hydrogen-bond acceptors (Lipinski definition) is 8. The number of anilines is 2. The Balaban J connectivity index is 0.000000307. The summed E-state index contributed by atoms with van der Waals surface area (Å²) in [6, 6.07) is 4.88. The third-order valence-corrected chi connectivity index (χ3v) is 6.29. The molecule has 0 radical (unpaired) electrons.